The summed E-state index contributed by atoms with van der Waals surface area (Å²) in [7, 11) is 0. The topological polar surface area (TPSA) is 55.5 Å². The van der Waals surface area contributed by atoms with Gasteiger partial charge in [-0.1, -0.05) is 12.1 Å². The number of benzene rings is 1. The normalized spacial score (nSPS) is 17.1. The summed E-state index contributed by atoms with van der Waals surface area (Å²) in [5, 5.41) is 0. The highest BCUT2D eigenvalue weighted by Crippen LogP contribution is 2.51. The molecule has 16 heavy (non-hydrogen) atoms. The van der Waals surface area contributed by atoms with E-state index in [0.717, 1.165) is 29.5 Å². The summed E-state index contributed by atoms with van der Waals surface area (Å²) >= 11 is 0. The van der Waals surface area contributed by atoms with Crippen molar-refractivity contribution in [3.05, 3.63) is 29.7 Å². The minimum Gasteiger partial charge on any atom is -0.441 e. The van der Waals surface area contributed by atoms with Gasteiger partial charge in [0.1, 0.15) is 11.1 Å². The lowest BCUT2D eigenvalue weighted by atomic mass is 10.0. The van der Waals surface area contributed by atoms with Crippen molar-refractivity contribution >= 4 is 17.2 Å². The zero-order chi connectivity index (χ0) is 11.2. The van der Waals surface area contributed by atoms with E-state index in [1.807, 2.05) is 25.1 Å². The minimum atomic E-state index is -0.384. The molecule has 1 aromatic carbocycles. The first kappa shape index (κ1) is 9.31. The molecule has 2 aromatic rings. The molecule has 0 radical (unpaired) electrons. The van der Waals surface area contributed by atoms with Crippen molar-refractivity contribution in [1.82, 2.24) is 4.98 Å². The highest BCUT2D eigenvalue weighted by Gasteiger charge is 2.46. The predicted octanol–water partition coefficient (Wildman–Crippen LogP) is 2.46. The molecule has 0 bridgehead atoms. The summed E-state index contributed by atoms with van der Waals surface area (Å²) in [6, 6.07) is 5.74. The second kappa shape index (κ2) is 3.03. The van der Waals surface area contributed by atoms with Gasteiger partial charge in [0, 0.05) is 12.5 Å². The first-order chi connectivity index (χ1) is 7.75. The van der Waals surface area contributed by atoms with Gasteiger partial charge in [0.2, 0.25) is 6.08 Å². The van der Waals surface area contributed by atoms with Crippen LogP contribution < -0.4 is 0 Å². The Kier molecular flexibility index (Phi) is 1.76. The molecular weight excluding hydrogens is 204 g/mol. The number of aryl methyl sites for hydroxylation is 1. The third-order valence-corrected chi connectivity index (χ3v) is 3.01. The van der Waals surface area contributed by atoms with Crippen LogP contribution in [0.5, 0.6) is 0 Å². The van der Waals surface area contributed by atoms with Gasteiger partial charge in [-0.2, -0.15) is 4.99 Å². The molecule has 4 heteroatoms. The maximum Gasteiger partial charge on any atom is 0.235 e. The van der Waals surface area contributed by atoms with Crippen LogP contribution in [-0.4, -0.2) is 11.1 Å². The van der Waals surface area contributed by atoms with Crippen LogP contribution in [-0.2, 0) is 10.3 Å². The van der Waals surface area contributed by atoms with Crippen LogP contribution in [0.4, 0.5) is 0 Å². The third-order valence-electron chi connectivity index (χ3n) is 3.01. The SMILES string of the molecule is Cc1nc2c(C3(N=C=O)CC3)cccc2o1. The number of carbonyl (C=O) groups excluding carboxylic acids is 1. The highest BCUT2D eigenvalue weighted by molar-refractivity contribution is 5.78. The number of oxazole rings is 1. The maximum atomic E-state index is 10.4. The van der Waals surface area contributed by atoms with Crippen molar-refractivity contribution < 1.29 is 9.21 Å². The van der Waals surface area contributed by atoms with Crippen molar-refractivity contribution in [2.45, 2.75) is 25.3 Å². The van der Waals surface area contributed by atoms with Crippen LogP contribution in [0.2, 0.25) is 0 Å². The minimum absolute atomic E-state index is 0.384. The second-order valence-electron chi connectivity index (χ2n) is 4.12. The Hall–Kier alpha value is -1.93. The van der Waals surface area contributed by atoms with Crippen molar-refractivity contribution in [3.8, 4) is 0 Å². The van der Waals surface area contributed by atoms with Gasteiger partial charge in [-0.05, 0) is 18.9 Å². The molecule has 1 aliphatic carbocycles. The summed E-state index contributed by atoms with van der Waals surface area (Å²) in [5.74, 6) is 0.633. The van der Waals surface area contributed by atoms with Gasteiger partial charge in [0.15, 0.2) is 11.5 Å². The fraction of sp³-hybridized carbons (Fsp3) is 0.333. The molecule has 1 aliphatic rings. The molecule has 0 spiro atoms. The van der Waals surface area contributed by atoms with E-state index in [-0.39, 0.29) is 5.54 Å². The summed E-state index contributed by atoms with van der Waals surface area (Å²) in [6.07, 6.45) is 3.42. The van der Waals surface area contributed by atoms with Gasteiger partial charge in [0.25, 0.3) is 0 Å². The first-order valence-corrected chi connectivity index (χ1v) is 5.21. The molecule has 0 saturated heterocycles. The zero-order valence-corrected chi connectivity index (χ0v) is 8.86. The standard InChI is InChI=1S/C12H10N2O2/c1-8-14-11-9(3-2-4-10(11)16-8)12(5-6-12)13-7-15/h2-4H,5-6H2,1H3. The summed E-state index contributed by atoms with van der Waals surface area (Å²) < 4.78 is 5.46. The van der Waals surface area contributed by atoms with Crippen LogP contribution in [0, 0.1) is 6.92 Å². The summed E-state index contributed by atoms with van der Waals surface area (Å²) in [5.41, 5.74) is 2.16. The fourth-order valence-corrected chi connectivity index (χ4v) is 2.08. The Bertz CT molecular complexity index is 605. The molecule has 80 valence electrons. The molecule has 1 fully saturated rings. The molecule has 0 N–H and O–H groups in total. The smallest absolute Gasteiger partial charge is 0.235 e. The van der Waals surface area contributed by atoms with E-state index in [1.165, 1.54) is 0 Å². The number of nitrogens with zero attached hydrogens (tertiary/aromatic N) is 2. The first-order valence-electron chi connectivity index (χ1n) is 5.21. The number of aliphatic imine (C=N–C) groups is 1. The molecular formula is C12H10N2O2. The van der Waals surface area contributed by atoms with Crippen molar-refractivity contribution in [2.75, 3.05) is 0 Å². The largest absolute Gasteiger partial charge is 0.441 e. The lowest BCUT2D eigenvalue weighted by molar-refractivity contribution is 0.556. The predicted molar refractivity (Wildman–Crippen MR) is 57.8 cm³/mol. The van der Waals surface area contributed by atoms with Crippen molar-refractivity contribution in [3.63, 3.8) is 0 Å². The van der Waals surface area contributed by atoms with E-state index in [2.05, 4.69) is 9.98 Å². The summed E-state index contributed by atoms with van der Waals surface area (Å²) in [4.78, 5) is 18.7. The van der Waals surface area contributed by atoms with Gasteiger partial charge < -0.3 is 4.42 Å². The monoisotopic (exact) mass is 214 g/mol. The lowest BCUT2D eigenvalue weighted by Crippen LogP contribution is -2.02. The van der Waals surface area contributed by atoms with E-state index in [9.17, 15) is 4.79 Å². The van der Waals surface area contributed by atoms with E-state index < -0.39 is 0 Å². The average Bonchev–Trinajstić information content (AvgIpc) is 2.92. The molecule has 4 nitrogen and oxygen atoms in total. The summed E-state index contributed by atoms with van der Waals surface area (Å²) in [6.45, 7) is 1.81. The van der Waals surface area contributed by atoms with Crippen LogP contribution in [0.3, 0.4) is 0 Å². The Morgan fingerprint density at radius 1 is 1.50 bits per heavy atom. The molecule has 3 rings (SSSR count). The van der Waals surface area contributed by atoms with Crippen LogP contribution in [0.25, 0.3) is 11.1 Å². The van der Waals surface area contributed by atoms with Gasteiger partial charge in [-0.3, -0.25) is 0 Å². The van der Waals surface area contributed by atoms with Gasteiger partial charge in [-0.15, -0.1) is 0 Å². The van der Waals surface area contributed by atoms with E-state index in [4.69, 9.17) is 4.42 Å². The zero-order valence-electron chi connectivity index (χ0n) is 8.86. The molecule has 0 unspecified atom stereocenters. The highest BCUT2D eigenvalue weighted by atomic mass is 16.3. The molecule has 1 aromatic heterocycles. The van der Waals surface area contributed by atoms with Crippen molar-refractivity contribution in [2.24, 2.45) is 4.99 Å². The second-order valence-corrected chi connectivity index (χ2v) is 4.12. The maximum absolute atomic E-state index is 10.4. The number of isocyanates is 1. The van der Waals surface area contributed by atoms with E-state index >= 15 is 0 Å². The fourth-order valence-electron chi connectivity index (χ4n) is 2.08. The Labute approximate surface area is 92.0 Å². The lowest BCUT2D eigenvalue weighted by Gasteiger charge is -2.07. The average molecular weight is 214 g/mol. The molecule has 1 saturated carbocycles. The molecule has 0 atom stereocenters. The van der Waals surface area contributed by atoms with Crippen LogP contribution in [0.1, 0.15) is 24.3 Å². The van der Waals surface area contributed by atoms with Gasteiger partial charge in [-0.25, -0.2) is 9.78 Å². The van der Waals surface area contributed by atoms with Gasteiger partial charge in [0.05, 0.1) is 0 Å². The number of aromatic nitrogens is 1. The Morgan fingerprint density at radius 3 is 3.00 bits per heavy atom. The third kappa shape index (κ3) is 1.20. The van der Waals surface area contributed by atoms with Crippen LogP contribution in [0.15, 0.2) is 27.6 Å². The number of fused-ring (bicyclic) bond motifs is 1. The Balaban J connectivity index is 2.27. The molecule has 0 amide bonds. The van der Waals surface area contributed by atoms with E-state index in [0.29, 0.717) is 5.89 Å². The van der Waals surface area contributed by atoms with Gasteiger partial charge >= 0.3 is 0 Å². The number of rotatable bonds is 2. The molecule has 1 heterocycles. The number of hydrogen-bond donors (Lipinski definition) is 0. The number of hydrogen-bond acceptors (Lipinski definition) is 4. The molecule has 0 aliphatic heterocycles. The Morgan fingerprint density at radius 2 is 2.31 bits per heavy atom. The van der Waals surface area contributed by atoms with E-state index in [1.54, 1.807) is 6.08 Å². The quantitative estimate of drug-likeness (QED) is 0.570. The van der Waals surface area contributed by atoms with Crippen molar-refractivity contribution in [1.29, 1.82) is 0 Å². The number of para-hydroxylation sites is 1. The van der Waals surface area contributed by atoms with Crippen LogP contribution >= 0.6 is 0 Å².